The van der Waals surface area contributed by atoms with Gasteiger partial charge in [-0.1, -0.05) is 42.5 Å². The van der Waals surface area contributed by atoms with Gasteiger partial charge in [0.15, 0.2) is 0 Å². The first kappa shape index (κ1) is 15.7. The summed E-state index contributed by atoms with van der Waals surface area (Å²) < 4.78 is 4.75. The Morgan fingerprint density at radius 1 is 1.00 bits per heavy atom. The van der Waals surface area contributed by atoms with Crippen LogP contribution in [0.2, 0.25) is 0 Å². The van der Waals surface area contributed by atoms with Crippen molar-refractivity contribution in [2.75, 3.05) is 0 Å². The van der Waals surface area contributed by atoms with Crippen LogP contribution in [0.3, 0.4) is 0 Å². The molecular formula is C17H17NO4. The van der Waals surface area contributed by atoms with E-state index in [9.17, 15) is 9.59 Å². The molecule has 2 aromatic carbocycles. The van der Waals surface area contributed by atoms with Crippen molar-refractivity contribution in [2.45, 2.75) is 18.9 Å². The van der Waals surface area contributed by atoms with Gasteiger partial charge in [0, 0.05) is 0 Å². The minimum absolute atomic E-state index is 0.0515. The van der Waals surface area contributed by atoms with Gasteiger partial charge < -0.3 is 15.6 Å². The highest BCUT2D eigenvalue weighted by molar-refractivity contribution is 5.89. The van der Waals surface area contributed by atoms with Gasteiger partial charge >= 0.3 is 11.9 Å². The topological polar surface area (TPSA) is 89.6 Å². The van der Waals surface area contributed by atoms with Crippen LogP contribution in [0.15, 0.2) is 54.6 Å². The van der Waals surface area contributed by atoms with Crippen LogP contribution in [-0.2, 0) is 27.2 Å². The summed E-state index contributed by atoms with van der Waals surface area (Å²) >= 11 is 0. The van der Waals surface area contributed by atoms with Crippen molar-refractivity contribution >= 4 is 11.9 Å². The number of nitrogens with two attached hydrogens (primary N) is 1. The fourth-order valence-corrected chi connectivity index (χ4v) is 1.96. The molecule has 0 fully saturated rings. The van der Waals surface area contributed by atoms with Crippen LogP contribution in [0, 0.1) is 0 Å². The average molecular weight is 299 g/mol. The number of hydrogen-bond donors (Lipinski definition) is 2. The van der Waals surface area contributed by atoms with E-state index in [2.05, 4.69) is 0 Å². The Kier molecular flexibility index (Phi) is 5.27. The maximum Gasteiger partial charge on any atom is 0.330 e. The minimum atomic E-state index is -0.883. The Morgan fingerprint density at radius 3 is 2.27 bits per heavy atom. The molecule has 0 radical (unpaired) electrons. The first-order valence-electron chi connectivity index (χ1n) is 6.86. The van der Waals surface area contributed by atoms with Crippen LogP contribution in [0.25, 0.3) is 0 Å². The lowest BCUT2D eigenvalue weighted by Gasteiger charge is -2.10. The number of phenolic OH excluding ortho intramolecular Hbond substituents is 1. The van der Waals surface area contributed by atoms with Crippen molar-refractivity contribution < 1.29 is 19.4 Å². The number of esters is 2. The second kappa shape index (κ2) is 7.38. The van der Waals surface area contributed by atoms with E-state index >= 15 is 0 Å². The second-order valence-corrected chi connectivity index (χ2v) is 4.93. The van der Waals surface area contributed by atoms with Gasteiger partial charge in [-0.2, -0.15) is 0 Å². The molecule has 0 saturated carbocycles. The lowest BCUT2D eigenvalue weighted by molar-refractivity contribution is -0.160. The average Bonchev–Trinajstić information content (AvgIpc) is 2.50. The van der Waals surface area contributed by atoms with E-state index in [1.165, 1.54) is 12.1 Å². The third kappa shape index (κ3) is 4.71. The molecule has 0 spiro atoms. The van der Waals surface area contributed by atoms with Crippen LogP contribution in [0.5, 0.6) is 5.75 Å². The summed E-state index contributed by atoms with van der Waals surface area (Å²) in [5.74, 6) is -1.30. The number of hydrogen-bond acceptors (Lipinski definition) is 5. The molecule has 5 nitrogen and oxygen atoms in total. The summed E-state index contributed by atoms with van der Waals surface area (Å²) in [4.78, 5) is 23.5. The van der Waals surface area contributed by atoms with E-state index in [4.69, 9.17) is 15.6 Å². The second-order valence-electron chi connectivity index (χ2n) is 4.93. The zero-order chi connectivity index (χ0) is 15.9. The maximum absolute atomic E-state index is 11.8. The number of carbonyl (C=O) groups is 2. The largest absolute Gasteiger partial charge is 0.508 e. The Morgan fingerprint density at radius 2 is 1.64 bits per heavy atom. The zero-order valence-electron chi connectivity index (χ0n) is 11.9. The quantitative estimate of drug-likeness (QED) is 0.646. The summed E-state index contributed by atoms with van der Waals surface area (Å²) in [6.45, 7) is 0. The number of benzene rings is 2. The molecule has 3 N–H and O–H groups in total. The highest BCUT2D eigenvalue weighted by Gasteiger charge is 2.19. The molecule has 1 atom stereocenters. The molecule has 0 aromatic heterocycles. The maximum atomic E-state index is 11.8. The van der Waals surface area contributed by atoms with Crippen LogP contribution < -0.4 is 5.73 Å². The predicted molar refractivity (Wildman–Crippen MR) is 81.0 cm³/mol. The first-order chi connectivity index (χ1) is 10.5. The van der Waals surface area contributed by atoms with Crippen LogP contribution in [0.1, 0.15) is 11.1 Å². The standard InChI is InChI=1S/C17H17NO4/c18-15(10-12-4-2-1-3-5-12)17(21)22-16(20)11-13-6-8-14(19)9-7-13/h1-9,15,19H,10-11,18H2/t15-/m0/s1. The van der Waals surface area contributed by atoms with Gasteiger partial charge in [0.1, 0.15) is 11.8 Å². The molecule has 0 aliphatic rings. The van der Waals surface area contributed by atoms with E-state index < -0.39 is 18.0 Å². The number of rotatable bonds is 5. The molecule has 2 rings (SSSR count). The number of carbonyl (C=O) groups excluding carboxylic acids is 2. The van der Waals surface area contributed by atoms with Gasteiger partial charge in [-0.05, 0) is 29.7 Å². The van der Waals surface area contributed by atoms with Gasteiger partial charge in [0.25, 0.3) is 0 Å². The minimum Gasteiger partial charge on any atom is -0.508 e. The number of aromatic hydroxyl groups is 1. The SMILES string of the molecule is N[C@@H](Cc1ccccc1)C(=O)OC(=O)Cc1ccc(O)cc1. The summed E-state index contributed by atoms with van der Waals surface area (Å²) in [5, 5.41) is 9.16. The Labute approximate surface area is 128 Å². The monoisotopic (exact) mass is 299 g/mol. The van der Waals surface area contributed by atoms with Gasteiger partial charge in [0.05, 0.1) is 6.42 Å². The molecule has 5 heteroatoms. The van der Waals surface area contributed by atoms with Crippen LogP contribution in [-0.4, -0.2) is 23.1 Å². The zero-order valence-corrected chi connectivity index (χ0v) is 11.9. The molecule has 0 unspecified atom stereocenters. The van der Waals surface area contributed by atoms with Crippen LogP contribution in [0.4, 0.5) is 0 Å². The van der Waals surface area contributed by atoms with E-state index in [1.807, 2.05) is 30.3 Å². The highest BCUT2D eigenvalue weighted by Crippen LogP contribution is 2.11. The van der Waals surface area contributed by atoms with Crippen molar-refractivity contribution in [3.8, 4) is 5.75 Å². The van der Waals surface area contributed by atoms with Crippen molar-refractivity contribution in [1.29, 1.82) is 0 Å². The fourth-order valence-electron chi connectivity index (χ4n) is 1.96. The first-order valence-corrected chi connectivity index (χ1v) is 6.86. The van der Waals surface area contributed by atoms with Gasteiger partial charge in [-0.3, -0.25) is 4.79 Å². The number of phenols is 1. The third-order valence-electron chi connectivity index (χ3n) is 3.10. The van der Waals surface area contributed by atoms with Crippen molar-refractivity contribution in [1.82, 2.24) is 0 Å². The molecule has 0 saturated heterocycles. The molecule has 2 aromatic rings. The molecule has 0 aliphatic carbocycles. The van der Waals surface area contributed by atoms with E-state index in [0.717, 1.165) is 5.56 Å². The molecule has 0 amide bonds. The Balaban J connectivity index is 1.85. The Hall–Kier alpha value is -2.66. The van der Waals surface area contributed by atoms with Crippen molar-refractivity contribution in [2.24, 2.45) is 5.73 Å². The summed E-state index contributed by atoms with van der Waals surface area (Å²) in [6.07, 6.45) is 0.260. The molecular weight excluding hydrogens is 282 g/mol. The van der Waals surface area contributed by atoms with Gasteiger partial charge in [0.2, 0.25) is 0 Å². The predicted octanol–water partition coefficient (Wildman–Crippen LogP) is 1.57. The van der Waals surface area contributed by atoms with E-state index in [1.54, 1.807) is 12.1 Å². The smallest absolute Gasteiger partial charge is 0.330 e. The third-order valence-corrected chi connectivity index (χ3v) is 3.10. The van der Waals surface area contributed by atoms with Crippen molar-refractivity contribution in [3.05, 3.63) is 65.7 Å². The summed E-state index contributed by atoms with van der Waals surface area (Å²) in [6, 6.07) is 14.5. The molecule has 0 heterocycles. The number of ether oxygens (including phenoxy) is 1. The normalized spacial score (nSPS) is 11.7. The molecule has 22 heavy (non-hydrogen) atoms. The van der Waals surface area contributed by atoms with E-state index in [0.29, 0.717) is 12.0 Å². The highest BCUT2D eigenvalue weighted by atomic mass is 16.6. The Bertz CT molecular complexity index is 637. The summed E-state index contributed by atoms with van der Waals surface area (Å²) in [7, 11) is 0. The van der Waals surface area contributed by atoms with Crippen LogP contribution >= 0.6 is 0 Å². The fraction of sp³-hybridized carbons (Fsp3) is 0.176. The lowest BCUT2D eigenvalue weighted by atomic mass is 10.1. The van der Waals surface area contributed by atoms with Gasteiger partial charge in [-0.25, -0.2) is 4.79 Å². The molecule has 0 bridgehead atoms. The molecule has 114 valence electrons. The molecule has 0 aliphatic heterocycles. The van der Waals surface area contributed by atoms with Gasteiger partial charge in [-0.15, -0.1) is 0 Å². The van der Waals surface area contributed by atoms with Crippen molar-refractivity contribution in [3.63, 3.8) is 0 Å². The lowest BCUT2D eigenvalue weighted by Crippen LogP contribution is -2.36. The summed E-state index contributed by atoms with van der Waals surface area (Å²) in [5.41, 5.74) is 7.30. The van der Waals surface area contributed by atoms with E-state index in [-0.39, 0.29) is 12.2 Å².